The quantitative estimate of drug-likeness (QED) is 0.148. The highest BCUT2D eigenvalue weighted by Crippen LogP contribution is 2.31. The van der Waals surface area contributed by atoms with Crippen LogP contribution in [0.4, 0.5) is 14.5 Å². The lowest BCUT2D eigenvalue weighted by Crippen LogP contribution is -2.41. The SMILES string of the molecule is CSCCC(NC(=O)c1ccc(CN(Cc2cc(F)cc(F)c2)c2cccc(C(C)O)c2)cc1-c1ccccc1C)C(=O)O. The molecule has 0 aliphatic rings. The molecule has 2 unspecified atom stereocenters. The molecule has 6 nitrogen and oxygen atoms in total. The van der Waals surface area contributed by atoms with E-state index in [1.54, 1.807) is 19.1 Å². The summed E-state index contributed by atoms with van der Waals surface area (Å²) in [7, 11) is 0. The molecule has 4 aromatic carbocycles. The van der Waals surface area contributed by atoms with E-state index in [-0.39, 0.29) is 6.54 Å². The minimum atomic E-state index is -1.09. The first kappa shape index (κ1) is 32.7. The molecule has 2 atom stereocenters. The average molecular weight is 619 g/mol. The number of thioether (sulfide) groups is 1. The number of aliphatic carboxylic acids is 1. The van der Waals surface area contributed by atoms with Crippen LogP contribution in [0.1, 0.15) is 52.1 Å². The number of rotatable bonds is 13. The van der Waals surface area contributed by atoms with E-state index in [0.29, 0.717) is 41.0 Å². The number of amides is 1. The molecular weight excluding hydrogens is 582 g/mol. The van der Waals surface area contributed by atoms with E-state index in [2.05, 4.69) is 5.32 Å². The van der Waals surface area contributed by atoms with Crippen molar-refractivity contribution in [3.8, 4) is 11.1 Å². The summed E-state index contributed by atoms with van der Waals surface area (Å²) in [5.41, 5.74) is 5.43. The summed E-state index contributed by atoms with van der Waals surface area (Å²) in [5.74, 6) is -2.34. The van der Waals surface area contributed by atoms with Crippen LogP contribution >= 0.6 is 11.8 Å². The number of carboxylic acids is 1. The van der Waals surface area contributed by atoms with E-state index in [1.165, 1.54) is 23.9 Å². The fourth-order valence-corrected chi connectivity index (χ4v) is 5.55. The van der Waals surface area contributed by atoms with Crippen LogP contribution in [0.15, 0.2) is 84.9 Å². The number of aliphatic hydroxyl groups is 1. The molecule has 0 fully saturated rings. The maximum absolute atomic E-state index is 14.1. The molecule has 4 rings (SSSR count). The van der Waals surface area contributed by atoms with E-state index in [4.69, 9.17) is 0 Å². The lowest BCUT2D eigenvalue weighted by Gasteiger charge is -2.27. The van der Waals surface area contributed by atoms with Gasteiger partial charge in [-0.15, -0.1) is 0 Å². The van der Waals surface area contributed by atoms with Gasteiger partial charge in [0.05, 0.1) is 6.10 Å². The van der Waals surface area contributed by atoms with Crippen molar-refractivity contribution in [2.75, 3.05) is 16.9 Å². The predicted octanol–water partition coefficient (Wildman–Crippen LogP) is 7.14. The van der Waals surface area contributed by atoms with Gasteiger partial charge in [0.15, 0.2) is 0 Å². The summed E-state index contributed by atoms with van der Waals surface area (Å²) in [4.78, 5) is 27.3. The summed E-state index contributed by atoms with van der Waals surface area (Å²) in [6.07, 6.45) is 1.46. The van der Waals surface area contributed by atoms with Gasteiger partial charge in [0.25, 0.3) is 5.91 Å². The highest BCUT2D eigenvalue weighted by Gasteiger charge is 2.23. The maximum Gasteiger partial charge on any atom is 0.326 e. The first-order valence-corrected chi connectivity index (χ1v) is 15.6. The van der Waals surface area contributed by atoms with E-state index in [1.807, 2.05) is 72.7 Å². The molecule has 0 bridgehead atoms. The van der Waals surface area contributed by atoms with Gasteiger partial charge in [0, 0.05) is 30.4 Å². The van der Waals surface area contributed by atoms with Gasteiger partial charge < -0.3 is 20.4 Å². The summed E-state index contributed by atoms with van der Waals surface area (Å²) in [6, 6.07) is 22.7. The van der Waals surface area contributed by atoms with Gasteiger partial charge in [-0.3, -0.25) is 4.79 Å². The van der Waals surface area contributed by atoms with Crippen LogP contribution < -0.4 is 10.2 Å². The highest BCUT2D eigenvalue weighted by atomic mass is 32.2. The Labute approximate surface area is 260 Å². The average Bonchev–Trinajstić information content (AvgIpc) is 2.98. The predicted molar refractivity (Wildman–Crippen MR) is 172 cm³/mol. The standard InChI is InChI=1S/C35H36F2N2O4S/c1-22-7-4-5-10-30(22)32-17-24(11-12-31(32)34(41)38-33(35(42)43)13-14-44-3)20-39(21-25-15-27(36)19-28(37)16-25)29-9-6-8-26(18-29)23(2)40/h4-12,15-19,23,33,40H,13-14,20-21H2,1-3H3,(H,38,41)(H,42,43). The number of carbonyl (C=O) groups is 2. The molecule has 0 aliphatic carbocycles. The van der Waals surface area contributed by atoms with Gasteiger partial charge in [-0.1, -0.05) is 42.5 Å². The maximum atomic E-state index is 14.1. The van der Waals surface area contributed by atoms with E-state index >= 15 is 0 Å². The summed E-state index contributed by atoms with van der Waals surface area (Å²) < 4.78 is 28.2. The zero-order valence-corrected chi connectivity index (χ0v) is 25.7. The Morgan fingerprint density at radius 2 is 1.59 bits per heavy atom. The molecule has 3 N–H and O–H groups in total. The monoisotopic (exact) mass is 618 g/mol. The summed E-state index contributed by atoms with van der Waals surface area (Å²) in [6.45, 7) is 4.09. The Morgan fingerprint density at radius 3 is 2.25 bits per heavy atom. The normalized spacial score (nSPS) is 12.4. The van der Waals surface area contributed by atoms with Gasteiger partial charge in [-0.05, 0) is 102 Å². The third kappa shape index (κ3) is 8.45. The molecule has 0 spiro atoms. The smallest absolute Gasteiger partial charge is 0.326 e. The third-order valence-electron chi connectivity index (χ3n) is 7.36. The van der Waals surface area contributed by atoms with Crippen molar-refractivity contribution >= 4 is 29.3 Å². The number of anilines is 1. The van der Waals surface area contributed by atoms with E-state index in [0.717, 1.165) is 28.4 Å². The Morgan fingerprint density at radius 1 is 0.886 bits per heavy atom. The van der Waals surface area contributed by atoms with Crippen LogP contribution in [0.25, 0.3) is 11.1 Å². The van der Waals surface area contributed by atoms with Crippen LogP contribution in [-0.4, -0.2) is 40.1 Å². The minimum absolute atomic E-state index is 0.176. The lowest BCUT2D eigenvalue weighted by atomic mass is 9.93. The number of carbonyl (C=O) groups excluding carboxylic acids is 1. The zero-order chi connectivity index (χ0) is 31.8. The van der Waals surface area contributed by atoms with Crippen LogP contribution in [0.3, 0.4) is 0 Å². The van der Waals surface area contributed by atoms with Crippen molar-refractivity contribution in [1.82, 2.24) is 5.32 Å². The van der Waals surface area contributed by atoms with Gasteiger partial charge in [0.1, 0.15) is 17.7 Å². The van der Waals surface area contributed by atoms with Crippen LogP contribution in [0.2, 0.25) is 0 Å². The second-order valence-electron chi connectivity index (χ2n) is 10.7. The molecule has 44 heavy (non-hydrogen) atoms. The Balaban J connectivity index is 1.76. The number of carboxylic acid groups (broad SMARTS) is 1. The lowest BCUT2D eigenvalue weighted by molar-refractivity contribution is -0.139. The molecule has 0 aromatic heterocycles. The molecule has 1 amide bonds. The van der Waals surface area contributed by atoms with Crippen LogP contribution in [-0.2, 0) is 17.9 Å². The second-order valence-corrected chi connectivity index (χ2v) is 11.7. The van der Waals surface area contributed by atoms with Gasteiger partial charge in [0.2, 0.25) is 0 Å². The van der Waals surface area contributed by atoms with Gasteiger partial charge in [-0.25, -0.2) is 13.6 Å². The Bertz CT molecular complexity index is 1610. The van der Waals surface area contributed by atoms with Crippen LogP contribution in [0.5, 0.6) is 0 Å². The zero-order valence-electron chi connectivity index (χ0n) is 24.9. The van der Waals surface area contributed by atoms with Gasteiger partial charge >= 0.3 is 5.97 Å². The number of hydrogen-bond acceptors (Lipinski definition) is 5. The molecule has 230 valence electrons. The summed E-state index contributed by atoms with van der Waals surface area (Å²) >= 11 is 1.51. The third-order valence-corrected chi connectivity index (χ3v) is 8.01. The van der Waals surface area contributed by atoms with Crippen molar-refractivity contribution in [2.45, 2.75) is 45.5 Å². The minimum Gasteiger partial charge on any atom is -0.480 e. The molecule has 0 radical (unpaired) electrons. The number of aryl methyl sites for hydroxylation is 1. The number of halogens is 2. The van der Waals surface area contributed by atoms with E-state index < -0.39 is 35.7 Å². The van der Waals surface area contributed by atoms with Crippen molar-refractivity contribution in [1.29, 1.82) is 0 Å². The largest absolute Gasteiger partial charge is 0.480 e. The molecule has 0 saturated heterocycles. The van der Waals surface area contributed by atoms with Gasteiger partial charge in [-0.2, -0.15) is 11.8 Å². The summed E-state index contributed by atoms with van der Waals surface area (Å²) in [5, 5.41) is 22.6. The Hall–Kier alpha value is -4.21. The van der Waals surface area contributed by atoms with Crippen LogP contribution in [0, 0.1) is 18.6 Å². The second kappa shape index (κ2) is 15.0. The molecule has 0 aliphatic heterocycles. The molecule has 0 heterocycles. The van der Waals surface area contributed by atoms with Crippen molar-refractivity contribution < 1.29 is 28.6 Å². The van der Waals surface area contributed by atoms with Crippen molar-refractivity contribution in [3.63, 3.8) is 0 Å². The fraction of sp³-hybridized carbons (Fsp3) is 0.257. The number of hydrogen-bond donors (Lipinski definition) is 3. The topological polar surface area (TPSA) is 89.9 Å². The molecule has 4 aromatic rings. The molecule has 9 heteroatoms. The first-order valence-electron chi connectivity index (χ1n) is 14.2. The number of nitrogens with zero attached hydrogens (tertiary/aromatic N) is 1. The Kier molecular flexibility index (Phi) is 11.1. The van der Waals surface area contributed by atoms with Crippen molar-refractivity contribution in [3.05, 3.63) is 124 Å². The first-order chi connectivity index (χ1) is 21.0. The molecule has 0 saturated carbocycles. The highest BCUT2D eigenvalue weighted by molar-refractivity contribution is 7.98. The molecular formula is C35H36F2N2O4S. The number of nitrogens with one attached hydrogen (secondary N) is 1. The number of benzene rings is 4. The number of aliphatic hydroxyl groups excluding tert-OH is 1. The van der Waals surface area contributed by atoms with E-state index in [9.17, 15) is 28.6 Å². The fourth-order valence-electron chi connectivity index (χ4n) is 5.08. The van der Waals surface area contributed by atoms with Crippen molar-refractivity contribution in [2.24, 2.45) is 0 Å².